The lowest BCUT2D eigenvalue weighted by molar-refractivity contribution is 1.48. The molecule has 0 fully saturated rings. The fraction of sp³-hybridized carbons (Fsp3) is 0. The number of fused-ring (bicyclic) bond motifs is 4. The highest BCUT2D eigenvalue weighted by atomic mass is 14.3. The molecule has 6 aromatic rings. The molecular weight excluding hydrogens is 410 g/mol. The lowest BCUT2D eigenvalue weighted by atomic mass is 9.88. The Bertz CT molecular complexity index is 1790. The summed E-state index contributed by atoms with van der Waals surface area (Å²) in [5, 5.41) is 14.4. The van der Waals surface area contributed by atoms with Gasteiger partial charge in [0.05, 0.1) is 11.6 Å². The summed E-state index contributed by atoms with van der Waals surface area (Å²) in [6.45, 7) is 0. The fourth-order valence-corrected chi connectivity index (χ4v) is 5.59. The lowest BCUT2D eigenvalue weighted by Crippen LogP contribution is -1.88. The highest BCUT2D eigenvalue weighted by Gasteiger charge is 2.22. The Morgan fingerprint density at radius 3 is 1.71 bits per heavy atom. The molecule has 0 unspecified atom stereocenters. The van der Waals surface area contributed by atoms with Gasteiger partial charge in [-0.3, -0.25) is 0 Å². The average Bonchev–Trinajstić information content (AvgIpc) is 3.24. The maximum atomic E-state index is 9.38. The summed E-state index contributed by atoms with van der Waals surface area (Å²) in [5.74, 6) is 0. The van der Waals surface area contributed by atoms with E-state index in [2.05, 4.69) is 103 Å². The van der Waals surface area contributed by atoms with Crippen LogP contribution in [0.2, 0.25) is 0 Å². The van der Waals surface area contributed by atoms with Gasteiger partial charge in [0, 0.05) is 0 Å². The van der Waals surface area contributed by atoms with Crippen molar-refractivity contribution in [1.82, 2.24) is 0 Å². The minimum absolute atomic E-state index is 0.678. The Kier molecular flexibility index (Phi) is 3.98. The molecule has 0 saturated heterocycles. The summed E-state index contributed by atoms with van der Waals surface area (Å²) in [6, 6.07) is 43.1. The van der Waals surface area contributed by atoms with Crippen molar-refractivity contribution in [2.45, 2.75) is 0 Å². The highest BCUT2D eigenvalue weighted by molar-refractivity contribution is 6.20. The van der Waals surface area contributed by atoms with Crippen LogP contribution in [0.1, 0.15) is 5.56 Å². The molecule has 0 N–H and O–H groups in total. The van der Waals surface area contributed by atoms with E-state index in [1.807, 2.05) is 18.2 Å². The van der Waals surface area contributed by atoms with Crippen molar-refractivity contribution < 1.29 is 0 Å². The van der Waals surface area contributed by atoms with E-state index in [0.717, 1.165) is 11.1 Å². The molecule has 7 rings (SSSR count). The van der Waals surface area contributed by atoms with E-state index < -0.39 is 0 Å². The Balaban J connectivity index is 1.51. The van der Waals surface area contributed by atoms with E-state index in [0.29, 0.717) is 5.56 Å². The molecule has 0 amide bonds. The van der Waals surface area contributed by atoms with Gasteiger partial charge in [0.1, 0.15) is 0 Å². The first-order chi connectivity index (χ1) is 16.8. The average molecular weight is 430 g/mol. The van der Waals surface area contributed by atoms with Gasteiger partial charge in [-0.1, -0.05) is 103 Å². The number of nitrogens with zero attached hydrogens (tertiary/aromatic N) is 1. The predicted molar refractivity (Wildman–Crippen MR) is 141 cm³/mol. The zero-order valence-electron chi connectivity index (χ0n) is 18.4. The first kappa shape index (κ1) is 18.9. The van der Waals surface area contributed by atoms with Gasteiger partial charge in [0.2, 0.25) is 0 Å². The Morgan fingerprint density at radius 1 is 0.412 bits per heavy atom. The first-order valence-corrected chi connectivity index (χ1v) is 11.5. The van der Waals surface area contributed by atoms with E-state index in [9.17, 15) is 5.26 Å². The van der Waals surface area contributed by atoms with Crippen molar-refractivity contribution in [2.75, 3.05) is 0 Å². The fourth-order valence-electron chi connectivity index (χ4n) is 5.59. The predicted octanol–water partition coefficient (Wildman–Crippen LogP) is 8.85. The minimum atomic E-state index is 0.678. The number of hydrogen-bond acceptors (Lipinski definition) is 1. The van der Waals surface area contributed by atoms with Crippen LogP contribution in [0, 0.1) is 11.3 Å². The van der Waals surface area contributed by atoms with Gasteiger partial charge in [-0.25, -0.2) is 0 Å². The Hall–Kier alpha value is -4.67. The zero-order chi connectivity index (χ0) is 22.6. The third kappa shape index (κ3) is 2.60. The molecule has 0 atom stereocenters. The van der Waals surface area contributed by atoms with E-state index in [-0.39, 0.29) is 0 Å². The Labute approximate surface area is 198 Å². The van der Waals surface area contributed by atoms with E-state index >= 15 is 0 Å². The third-order valence-electron chi connectivity index (χ3n) is 7.06. The quantitative estimate of drug-likeness (QED) is 0.269. The molecular formula is C33H19N. The van der Waals surface area contributed by atoms with Crippen molar-refractivity contribution in [3.63, 3.8) is 0 Å². The molecule has 1 heteroatoms. The number of benzene rings is 6. The van der Waals surface area contributed by atoms with Gasteiger partial charge < -0.3 is 0 Å². The summed E-state index contributed by atoms with van der Waals surface area (Å²) >= 11 is 0. The summed E-state index contributed by atoms with van der Waals surface area (Å²) in [5.41, 5.74) is 10.6. The smallest absolute Gasteiger partial charge is 0.0991 e. The van der Waals surface area contributed by atoms with Crippen LogP contribution in [0.4, 0.5) is 0 Å². The number of rotatable bonds is 2. The van der Waals surface area contributed by atoms with Gasteiger partial charge in [-0.15, -0.1) is 0 Å². The van der Waals surface area contributed by atoms with Gasteiger partial charge in [0.15, 0.2) is 0 Å². The highest BCUT2D eigenvalue weighted by Crippen LogP contribution is 2.50. The maximum absolute atomic E-state index is 9.38. The molecule has 1 aliphatic rings. The Morgan fingerprint density at radius 2 is 0.941 bits per heavy atom. The van der Waals surface area contributed by atoms with E-state index in [1.54, 1.807) is 0 Å². The first-order valence-electron chi connectivity index (χ1n) is 11.5. The molecule has 1 nitrogen and oxygen atoms in total. The molecule has 156 valence electrons. The summed E-state index contributed by atoms with van der Waals surface area (Å²) in [6.07, 6.45) is 0. The SMILES string of the molecule is N#Cc1cccc(-c2ccc(-c3ccc4c5c(cccc35)-c3ccccc3-4)c3ccccc23)c1. The van der Waals surface area contributed by atoms with Gasteiger partial charge in [0.25, 0.3) is 0 Å². The topological polar surface area (TPSA) is 23.8 Å². The minimum Gasteiger partial charge on any atom is -0.192 e. The van der Waals surface area contributed by atoms with Crippen LogP contribution in [-0.2, 0) is 0 Å². The van der Waals surface area contributed by atoms with Crippen LogP contribution >= 0.6 is 0 Å². The number of hydrogen-bond donors (Lipinski definition) is 0. The van der Waals surface area contributed by atoms with Crippen molar-refractivity contribution in [3.05, 3.63) is 121 Å². The second-order valence-electron chi connectivity index (χ2n) is 8.83. The van der Waals surface area contributed by atoms with Gasteiger partial charge >= 0.3 is 0 Å². The van der Waals surface area contributed by atoms with Crippen molar-refractivity contribution in [1.29, 1.82) is 5.26 Å². The molecule has 0 saturated carbocycles. The van der Waals surface area contributed by atoms with Crippen LogP contribution in [0.5, 0.6) is 0 Å². The molecule has 0 spiro atoms. The third-order valence-corrected chi connectivity index (χ3v) is 7.06. The summed E-state index contributed by atoms with van der Waals surface area (Å²) in [4.78, 5) is 0. The second-order valence-corrected chi connectivity index (χ2v) is 8.83. The molecule has 0 radical (unpaired) electrons. The van der Waals surface area contributed by atoms with Crippen LogP contribution in [0.25, 0.3) is 66.1 Å². The summed E-state index contributed by atoms with van der Waals surface area (Å²) in [7, 11) is 0. The number of nitriles is 1. The molecule has 0 heterocycles. The molecule has 0 aromatic heterocycles. The normalized spacial score (nSPS) is 11.5. The maximum Gasteiger partial charge on any atom is 0.0991 e. The summed E-state index contributed by atoms with van der Waals surface area (Å²) < 4.78 is 0. The molecule has 34 heavy (non-hydrogen) atoms. The van der Waals surface area contributed by atoms with Crippen molar-refractivity contribution in [3.8, 4) is 50.6 Å². The van der Waals surface area contributed by atoms with Crippen LogP contribution in [0.3, 0.4) is 0 Å². The van der Waals surface area contributed by atoms with Crippen molar-refractivity contribution >= 4 is 21.5 Å². The zero-order valence-corrected chi connectivity index (χ0v) is 18.4. The van der Waals surface area contributed by atoms with E-state index in [1.165, 1.54) is 54.9 Å². The van der Waals surface area contributed by atoms with Crippen LogP contribution in [-0.4, -0.2) is 0 Å². The van der Waals surface area contributed by atoms with Crippen molar-refractivity contribution in [2.24, 2.45) is 0 Å². The van der Waals surface area contributed by atoms with E-state index in [4.69, 9.17) is 0 Å². The standard InChI is InChI=1S/C33H19N/c34-20-21-7-5-8-22(19-21)23-15-16-28(25-10-2-1-9-24(23)25)29-17-18-32-27-12-4-3-11-26(27)30-13-6-14-31(29)33(30)32/h1-19H. The lowest BCUT2D eigenvalue weighted by Gasteiger charge is -2.15. The molecule has 0 bridgehead atoms. The van der Waals surface area contributed by atoms with Gasteiger partial charge in [-0.05, 0) is 78.2 Å². The van der Waals surface area contributed by atoms with Crippen LogP contribution in [0.15, 0.2) is 115 Å². The molecule has 1 aliphatic carbocycles. The largest absolute Gasteiger partial charge is 0.192 e. The van der Waals surface area contributed by atoms with Crippen LogP contribution < -0.4 is 0 Å². The molecule has 6 aromatic carbocycles. The monoisotopic (exact) mass is 429 g/mol. The molecule has 0 aliphatic heterocycles. The van der Waals surface area contributed by atoms with Gasteiger partial charge in [-0.2, -0.15) is 5.26 Å². The second kappa shape index (κ2) is 7.17.